The van der Waals surface area contributed by atoms with E-state index in [2.05, 4.69) is 5.32 Å². The van der Waals surface area contributed by atoms with Gasteiger partial charge in [0.25, 0.3) is 0 Å². The number of nitrogens with one attached hydrogen (secondary N) is 1. The van der Waals surface area contributed by atoms with E-state index in [0.29, 0.717) is 18.5 Å². The molecule has 0 saturated heterocycles. The van der Waals surface area contributed by atoms with Crippen LogP contribution in [0.3, 0.4) is 0 Å². The number of nitrogens with two attached hydrogens (primary N) is 1. The van der Waals surface area contributed by atoms with Gasteiger partial charge in [-0.1, -0.05) is 31.5 Å². The van der Waals surface area contributed by atoms with Gasteiger partial charge in [0.1, 0.15) is 5.75 Å². The van der Waals surface area contributed by atoms with Crippen LogP contribution in [0.25, 0.3) is 0 Å². The number of benzene rings is 1. The molecule has 0 fully saturated rings. The quantitative estimate of drug-likeness (QED) is 0.725. The fraction of sp³-hybridized carbons (Fsp3) is 0.462. The van der Waals surface area contributed by atoms with Crippen LogP contribution in [0.1, 0.15) is 32.3 Å². The smallest absolute Gasteiger partial charge is 0.240 e. The highest BCUT2D eigenvalue weighted by Gasteiger charge is 2.26. The third-order valence-corrected chi connectivity index (χ3v) is 2.72. The highest BCUT2D eigenvalue weighted by Crippen LogP contribution is 2.15. The Morgan fingerprint density at radius 3 is 2.71 bits per heavy atom. The maximum absolute atomic E-state index is 11.8. The van der Waals surface area contributed by atoms with Crippen molar-refractivity contribution >= 4 is 5.91 Å². The van der Waals surface area contributed by atoms with E-state index in [-0.39, 0.29) is 11.7 Å². The zero-order valence-electron chi connectivity index (χ0n) is 10.4. The van der Waals surface area contributed by atoms with Crippen LogP contribution in [0.2, 0.25) is 0 Å². The number of amides is 1. The van der Waals surface area contributed by atoms with E-state index < -0.39 is 5.54 Å². The van der Waals surface area contributed by atoms with E-state index in [4.69, 9.17) is 5.73 Å². The Kier molecular flexibility index (Phi) is 4.52. The summed E-state index contributed by atoms with van der Waals surface area (Å²) >= 11 is 0. The summed E-state index contributed by atoms with van der Waals surface area (Å²) in [4.78, 5) is 11.8. The van der Waals surface area contributed by atoms with E-state index in [1.807, 2.05) is 13.0 Å². The van der Waals surface area contributed by atoms with Crippen molar-refractivity contribution < 1.29 is 9.90 Å². The predicted molar refractivity (Wildman–Crippen MR) is 67.5 cm³/mol. The van der Waals surface area contributed by atoms with Crippen molar-refractivity contribution in [3.05, 3.63) is 29.8 Å². The van der Waals surface area contributed by atoms with Crippen LogP contribution >= 0.6 is 0 Å². The maximum atomic E-state index is 11.8. The zero-order valence-corrected chi connectivity index (χ0v) is 10.4. The normalized spacial score (nSPS) is 14.1. The van der Waals surface area contributed by atoms with Gasteiger partial charge in [0.2, 0.25) is 5.91 Å². The monoisotopic (exact) mass is 236 g/mol. The van der Waals surface area contributed by atoms with Gasteiger partial charge in [-0.05, 0) is 19.4 Å². The number of phenols is 1. The first-order chi connectivity index (χ1) is 7.97. The number of rotatable bonds is 5. The van der Waals surface area contributed by atoms with E-state index in [1.54, 1.807) is 25.1 Å². The Balaban J connectivity index is 2.57. The van der Waals surface area contributed by atoms with Crippen molar-refractivity contribution in [1.29, 1.82) is 0 Å². The number of phenolic OH excluding ortho intramolecular Hbond substituents is 1. The van der Waals surface area contributed by atoms with Gasteiger partial charge < -0.3 is 16.2 Å². The van der Waals surface area contributed by atoms with Crippen LogP contribution in [0.5, 0.6) is 5.75 Å². The lowest BCUT2D eigenvalue weighted by atomic mass is 9.96. The Hall–Kier alpha value is -1.55. The van der Waals surface area contributed by atoms with E-state index in [9.17, 15) is 9.90 Å². The molecule has 0 heterocycles. The van der Waals surface area contributed by atoms with Gasteiger partial charge in [-0.3, -0.25) is 4.79 Å². The molecule has 0 spiro atoms. The molecular formula is C13H20N2O2. The first-order valence-corrected chi connectivity index (χ1v) is 5.81. The number of para-hydroxylation sites is 1. The van der Waals surface area contributed by atoms with Crippen molar-refractivity contribution in [2.24, 2.45) is 5.73 Å². The van der Waals surface area contributed by atoms with Gasteiger partial charge in [-0.25, -0.2) is 0 Å². The molecule has 1 amide bonds. The molecule has 1 rings (SSSR count). The average molecular weight is 236 g/mol. The maximum Gasteiger partial charge on any atom is 0.240 e. The summed E-state index contributed by atoms with van der Waals surface area (Å²) in [5.41, 5.74) is 5.74. The van der Waals surface area contributed by atoms with Gasteiger partial charge in [0.05, 0.1) is 5.54 Å². The van der Waals surface area contributed by atoms with Gasteiger partial charge >= 0.3 is 0 Å². The molecule has 1 aromatic rings. The van der Waals surface area contributed by atoms with E-state index in [0.717, 1.165) is 6.42 Å². The van der Waals surface area contributed by atoms with Crippen LogP contribution in [-0.2, 0) is 11.3 Å². The third kappa shape index (κ3) is 3.75. The molecule has 4 nitrogen and oxygen atoms in total. The molecule has 0 aromatic heterocycles. The summed E-state index contributed by atoms with van der Waals surface area (Å²) < 4.78 is 0. The summed E-state index contributed by atoms with van der Waals surface area (Å²) in [7, 11) is 0. The minimum absolute atomic E-state index is 0.182. The molecule has 94 valence electrons. The minimum atomic E-state index is -0.848. The van der Waals surface area contributed by atoms with Crippen LogP contribution in [-0.4, -0.2) is 16.6 Å². The van der Waals surface area contributed by atoms with Crippen molar-refractivity contribution in [1.82, 2.24) is 5.32 Å². The van der Waals surface area contributed by atoms with Gasteiger partial charge in [0.15, 0.2) is 0 Å². The van der Waals surface area contributed by atoms with Gasteiger partial charge in [-0.2, -0.15) is 0 Å². The highest BCUT2D eigenvalue weighted by atomic mass is 16.3. The van der Waals surface area contributed by atoms with Crippen molar-refractivity contribution in [2.45, 2.75) is 38.8 Å². The Labute approximate surface area is 102 Å². The lowest BCUT2D eigenvalue weighted by Crippen LogP contribution is -2.51. The highest BCUT2D eigenvalue weighted by molar-refractivity contribution is 5.85. The molecule has 0 aliphatic heterocycles. The molecule has 0 saturated carbocycles. The Morgan fingerprint density at radius 1 is 1.47 bits per heavy atom. The van der Waals surface area contributed by atoms with E-state index in [1.165, 1.54) is 0 Å². The van der Waals surface area contributed by atoms with E-state index >= 15 is 0 Å². The molecule has 1 aromatic carbocycles. The largest absolute Gasteiger partial charge is 0.508 e. The Bertz CT molecular complexity index is 389. The molecule has 0 aliphatic rings. The number of carbonyl (C=O) groups is 1. The molecular weight excluding hydrogens is 216 g/mol. The van der Waals surface area contributed by atoms with Crippen LogP contribution < -0.4 is 11.1 Å². The van der Waals surface area contributed by atoms with Crippen LogP contribution in [0.15, 0.2) is 24.3 Å². The Morgan fingerprint density at radius 2 is 2.12 bits per heavy atom. The molecule has 0 radical (unpaired) electrons. The average Bonchev–Trinajstić information content (AvgIpc) is 2.27. The van der Waals surface area contributed by atoms with Crippen molar-refractivity contribution in [3.63, 3.8) is 0 Å². The number of hydrogen-bond acceptors (Lipinski definition) is 3. The lowest BCUT2D eigenvalue weighted by Gasteiger charge is -2.22. The zero-order chi connectivity index (χ0) is 12.9. The minimum Gasteiger partial charge on any atom is -0.508 e. The fourth-order valence-electron chi connectivity index (χ4n) is 1.67. The second-order valence-electron chi connectivity index (χ2n) is 4.48. The summed E-state index contributed by atoms with van der Waals surface area (Å²) in [6.45, 7) is 4.00. The first-order valence-electron chi connectivity index (χ1n) is 5.81. The third-order valence-electron chi connectivity index (χ3n) is 2.72. The van der Waals surface area contributed by atoms with Gasteiger partial charge in [0, 0.05) is 12.1 Å². The van der Waals surface area contributed by atoms with Crippen LogP contribution in [0, 0.1) is 0 Å². The van der Waals surface area contributed by atoms with Crippen LogP contribution in [0.4, 0.5) is 0 Å². The molecule has 0 aliphatic carbocycles. The molecule has 1 unspecified atom stereocenters. The first kappa shape index (κ1) is 13.5. The van der Waals surface area contributed by atoms with Crippen molar-refractivity contribution in [2.75, 3.05) is 0 Å². The summed E-state index contributed by atoms with van der Waals surface area (Å²) in [5.74, 6) is -0.00961. The molecule has 17 heavy (non-hydrogen) atoms. The second kappa shape index (κ2) is 5.68. The fourth-order valence-corrected chi connectivity index (χ4v) is 1.67. The molecule has 1 atom stereocenters. The number of aromatic hydroxyl groups is 1. The lowest BCUT2D eigenvalue weighted by molar-refractivity contribution is -0.126. The summed E-state index contributed by atoms with van der Waals surface area (Å²) in [6.07, 6.45) is 1.50. The predicted octanol–water partition coefficient (Wildman–Crippen LogP) is 1.53. The molecule has 4 N–H and O–H groups in total. The summed E-state index contributed by atoms with van der Waals surface area (Å²) in [5, 5.41) is 12.3. The molecule has 0 bridgehead atoms. The van der Waals surface area contributed by atoms with Crippen molar-refractivity contribution in [3.8, 4) is 5.75 Å². The SMILES string of the molecule is CCCC(C)(N)C(=O)NCc1ccccc1O. The number of carbonyl (C=O) groups excluding carboxylic acids is 1. The van der Waals surface area contributed by atoms with Gasteiger partial charge in [-0.15, -0.1) is 0 Å². The number of hydrogen-bond donors (Lipinski definition) is 3. The second-order valence-corrected chi connectivity index (χ2v) is 4.48. The molecule has 4 heteroatoms. The topological polar surface area (TPSA) is 75.4 Å². The summed E-state index contributed by atoms with van der Waals surface area (Å²) in [6, 6.07) is 6.91. The standard InChI is InChI=1S/C13H20N2O2/c1-3-8-13(2,14)12(17)15-9-10-6-4-5-7-11(10)16/h4-7,16H,3,8-9,14H2,1-2H3,(H,15,17).